The summed E-state index contributed by atoms with van der Waals surface area (Å²) in [6.07, 6.45) is 1.12. The Hall–Kier alpha value is -3.59. The molecule has 0 heterocycles. The molecular formula is C22H16N2O5S. The zero-order chi connectivity index (χ0) is 21.1. The SMILES string of the molecule is O=Cc1ccc2ccccc2c1NNOS(=O)(=O)c1c(C=O)ccc2ccccc12. The van der Waals surface area contributed by atoms with E-state index in [0.717, 1.165) is 5.39 Å². The minimum Gasteiger partial charge on any atom is -0.298 e. The lowest BCUT2D eigenvalue weighted by molar-refractivity contribution is 0.111. The molecule has 0 spiro atoms. The summed E-state index contributed by atoms with van der Waals surface area (Å²) in [5, 5.41) is 2.57. The van der Waals surface area contributed by atoms with E-state index in [-0.39, 0.29) is 10.5 Å². The molecule has 4 aromatic rings. The number of carbonyl (C=O) groups excluding carboxylic acids is 2. The number of benzene rings is 4. The average Bonchev–Trinajstić information content (AvgIpc) is 2.78. The quantitative estimate of drug-likeness (QED) is 0.346. The van der Waals surface area contributed by atoms with Gasteiger partial charge in [-0.05, 0) is 22.9 Å². The van der Waals surface area contributed by atoms with Crippen LogP contribution in [-0.4, -0.2) is 21.0 Å². The topological polar surface area (TPSA) is 102 Å². The second-order valence-corrected chi connectivity index (χ2v) is 7.94. The minimum absolute atomic E-state index is 0.0192. The van der Waals surface area contributed by atoms with Crippen molar-refractivity contribution < 1.29 is 22.3 Å². The van der Waals surface area contributed by atoms with Gasteiger partial charge >= 0.3 is 10.1 Å². The van der Waals surface area contributed by atoms with Crippen molar-refractivity contribution in [2.45, 2.75) is 4.90 Å². The van der Waals surface area contributed by atoms with Crippen LogP contribution in [0.5, 0.6) is 0 Å². The molecule has 0 saturated heterocycles. The van der Waals surface area contributed by atoms with Gasteiger partial charge in [0, 0.05) is 21.9 Å². The van der Waals surface area contributed by atoms with Crippen LogP contribution in [0.15, 0.2) is 77.7 Å². The maximum absolute atomic E-state index is 12.9. The first-order chi connectivity index (χ1) is 14.5. The van der Waals surface area contributed by atoms with Gasteiger partial charge in [0.1, 0.15) is 4.90 Å². The third kappa shape index (κ3) is 3.55. The Morgan fingerprint density at radius 3 is 1.93 bits per heavy atom. The second kappa shape index (κ2) is 8.03. The van der Waals surface area contributed by atoms with Gasteiger partial charge in [0.15, 0.2) is 12.6 Å². The molecule has 4 aromatic carbocycles. The predicted molar refractivity (Wildman–Crippen MR) is 114 cm³/mol. The maximum atomic E-state index is 12.9. The number of hydrogen-bond acceptors (Lipinski definition) is 7. The van der Waals surface area contributed by atoms with Crippen LogP contribution in [0.3, 0.4) is 0 Å². The standard InChI is InChI=1S/C22H16N2O5S/c25-13-17-11-9-15-5-1-3-7-19(15)21(17)23-24-29-30(27,28)22-18(14-26)12-10-16-6-2-4-8-20(16)22/h1-14,23-24H. The molecule has 0 saturated carbocycles. The lowest BCUT2D eigenvalue weighted by atomic mass is 10.1. The van der Waals surface area contributed by atoms with Crippen molar-refractivity contribution in [2.24, 2.45) is 0 Å². The molecule has 0 unspecified atom stereocenters. The Kier molecular flexibility index (Phi) is 5.28. The monoisotopic (exact) mass is 420 g/mol. The fourth-order valence-corrected chi connectivity index (χ4v) is 4.42. The fraction of sp³-hybridized carbons (Fsp3) is 0. The van der Waals surface area contributed by atoms with Crippen LogP contribution >= 0.6 is 0 Å². The highest BCUT2D eigenvalue weighted by atomic mass is 32.2. The van der Waals surface area contributed by atoms with Crippen molar-refractivity contribution in [1.29, 1.82) is 0 Å². The summed E-state index contributed by atoms with van der Waals surface area (Å²) in [6, 6.07) is 20.6. The Morgan fingerprint density at radius 1 is 0.700 bits per heavy atom. The highest BCUT2D eigenvalue weighted by Crippen LogP contribution is 2.28. The molecular weight excluding hydrogens is 404 g/mol. The summed E-state index contributed by atoms with van der Waals surface area (Å²) in [7, 11) is -4.37. The van der Waals surface area contributed by atoms with E-state index in [1.165, 1.54) is 6.07 Å². The summed E-state index contributed by atoms with van der Waals surface area (Å²) in [5.41, 5.74) is 5.53. The number of fused-ring (bicyclic) bond motifs is 2. The van der Waals surface area contributed by atoms with Gasteiger partial charge in [-0.2, -0.15) is 12.7 Å². The number of rotatable bonds is 7. The molecule has 0 fully saturated rings. The lowest BCUT2D eigenvalue weighted by Crippen LogP contribution is -2.27. The summed E-state index contributed by atoms with van der Waals surface area (Å²) < 4.78 is 30.7. The number of anilines is 1. The van der Waals surface area contributed by atoms with Crippen LogP contribution in [0, 0.1) is 0 Å². The molecule has 0 aliphatic rings. The number of hydrazine groups is 1. The highest BCUT2D eigenvalue weighted by molar-refractivity contribution is 7.87. The molecule has 150 valence electrons. The molecule has 30 heavy (non-hydrogen) atoms. The van der Waals surface area contributed by atoms with Crippen molar-refractivity contribution in [1.82, 2.24) is 5.59 Å². The largest absolute Gasteiger partial charge is 0.315 e. The summed E-state index contributed by atoms with van der Waals surface area (Å²) in [6.45, 7) is 0. The molecule has 0 radical (unpaired) electrons. The Bertz CT molecular complexity index is 1380. The number of aldehydes is 2. The zero-order valence-corrected chi connectivity index (χ0v) is 16.3. The number of carbonyl (C=O) groups is 2. The molecule has 4 rings (SSSR count). The van der Waals surface area contributed by atoms with Gasteiger partial charge in [-0.3, -0.25) is 15.0 Å². The van der Waals surface area contributed by atoms with Gasteiger partial charge < -0.3 is 0 Å². The first kappa shape index (κ1) is 19.7. The Labute approximate surface area is 172 Å². The van der Waals surface area contributed by atoms with Gasteiger partial charge in [0.05, 0.1) is 5.69 Å². The number of nitrogens with one attached hydrogen (secondary N) is 2. The Balaban J connectivity index is 1.67. The average molecular weight is 420 g/mol. The third-order valence-corrected chi connectivity index (χ3v) is 5.96. The summed E-state index contributed by atoms with van der Waals surface area (Å²) in [4.78, 5) is 22.6. The van der Waals surface area contributed by atoms with Crippen molar-refractivity contribution >= 4 is 49.9 Å². The van der Waals surface area contributed by atoms with Crippen molar-refractivity contribution in [2.75, 3.05) is 5.43 Å². The number of hydrogen-bond donors (Lipinski definition) is 2. The van der Waals surface area contributed by atoms with Crippen LogP contribution in [0.2, 0.25) is 0 Å². The molecule has 0 bridgehead atoms. The molecule has 0 aliphatic heterocycles. The molecule has 0 aliphatic carbocycles. The second-order valence-electron chi connectivity index (χ2n) is 6.46. The van der Waals surface area contributed by atoms with Crippen LogP contribution < -0.4 is 11.0 Å². The molecule has 7 nitrogen and oxygen atoms in total. The van der Waals surface area contributed by atoms with Crippen LogP contribution in [0.25, 0.3) is 21.5 Å². The Morgan fingerprint density at radius 2 is 1.27 bits per heavy atom. The fourth-order valence-electron chi connectivity index (χ4n) is 3.33. The smallest absolute Gasteiger partial charge is 0.298 e. The maximum Gasteiger partial charge on any atom is 0.315 e. The first-order valence-electron chi connectivity index (χ1n) is 8.93. The molecule has 0 aromatic heterocycles. The molecule has 2 N–H and O–H groups in total. The first-order valence-corrected chi connectivity index (χ1v) is 10.3. The van der Waals surface area contributed by atoms with E-state index in [1.54, 1.807) is 54.6 Å². The van der Waals surface area contributed by atoms with Gasteiger partial charge in [-0.15, -0.1) is 0 Å². The van der Waals surface area contributed by atoms with Crippen LogP contribution in [0.4, 0.5) is 5.69 Å². The van der Waals surface area contributed by atoms with E-state index in [4.69, 9.17) is 4.28 Å². The molecule has 0 amide bonds. The van der Waals surface area contributed by atoms with Gasteiger partial charge in [-0.25, -0.2) is 0 Å². The van der Waals surface area contributed by atoms with Crippen molar-refractivity contribution in [3.05, 3.63) is 83.9 Å². The summed E-state index contributed by atoms with van der Waals surface area (Å²) >= 11 is 0. The predicted octanol–water partition coefficient (Wildman–Crippen LogP) is 3.86. The van der Waals surface area contributed by atoms with Crippen molar-refractivity contribution in [3.8, 4) is 0 Å². The zero-order valence-electron chi connectivity index (χ0n) is 15.5. The van der Waals surface area contributed by atoms with Gasteiger partial charge in [0.25, 0.3) is 0 Å². The van der Waals surface area contributed by atoms with E-state index in [1.807, 2.05) is 12.1 Å². The highest BCUT2D eigenvalue weighted by Gasteiger charge is 2.23. The van der Waals surface area contributed by atoms with E-state index in [0.29, 0.717) is 40.0 Å². The van der Waals surface area contributed by atoms with Crippen molar-refractivity contribution in [3.63, 3.8) is 0 Å². The van der Waals surface area contributed by atoms with E-state index in [2.05, 4.69) is 11.0 Å². The third-order valence-electron chi connectivity index (χ3n) is 4.70. The van der Waals surface area contributed by atoms with Gasteiger partial charge in [0.2, 0.25) is 0 Å². The summed E-state index contributed by atoms with van der Waals surface area (Å²) in [5.74, 6) is 0. The van der Waals surface area contributed by atoms with Gasteiger partial charge in [-0.1, -0.05) is 66.3 Å². The molecule has 8 heteroatoms. The normalized spacial score (nSPS) is 11.5. The minimum atomic E-state index is -4.37. The van der Waals surface area contributed by atoms with E-state index in [9.17, 15) is 18.0 Å². The van der Waals surface area contributed by atoms with E-state index >= 15 is 0 Å². The lowest BCUT2D eigenvalue weighted by Gasteiger charge is -2.14. The molecule has 0 atom stereocenters. The van der Waals surface area contributed by atoms with Crippen LogP contribution in [0.1, 0.15) is 20.7 Å². The van der Waals surface area contributed by atoms with Crippen LogP contribution in [-0.2, 0) is 14.4 Å². The van der Waals surface area contributed by atoms with E-state index < -0.39 is 10.1 Å².